The Balaban J connectivity index is 1.35. The van der Waals surface area contributed by atoms with Crippen LogP contribution >= 0.6 is 0 Å². The molecule has 0 spiro atoms. The Morgan fingerprint density at radius 3 is 2.07 bits per heavy atom. The van der Waals surface area contributed by atoms with Crippen molar-refractivity contribution in [3.8, 4) is 34.3 Å². The van der Waals surface area contributed by atoms with Crippen LogP contribution < -0.4 is 0 Å². The first-order chi connectivity index (χ1) is 21.3. The molecule has 6 aromatic carbocycles. The average molecular weight is 551 g/mol. The molecule has 3 heterocycles. The van der Waals surface area contributed by atoms with Crippen molar-refractivity contribution in [1.82, 2.24) is 19.9 Å². The van der Waals surface area contributed by atoms with Crippen molar-refractivity contribution in [3.05, 3.63) is 134 Å². The lowest BCUT2D eigenvalue weighted by atomic mass is 9.94. The van der Waals surface area contributed by atoms with Crippen molar-refractivity contribution >= 4 is 54.3 Å². The Bertz CT molecular complexity index is 2520. The zero-order valence-corrected chi connectivity index (χ0v) is 22.9. The van der Waals surface area contributed by atoms with Crippen LogP contribution in [0.15, 0.2) is 138 Å². The van der Waals surface area contributed by atoms with E-state index in [-0.39, 0.29) is 0 Å². The summed E-state index contributed by atoms with van der Waals surface area (Å²) in [6.07, 6.45) is 1.75. The maximum atomic E-state index is 6.17. The van der Waals surface area contributed by atoms with Crippen molar-refractivity contribution in [1.29, 1.82) is 0 Å². The van der Waals surface area contributed by atoms with E-state index in [2.05, 4.69) is 66.7 Å². The summed E-state index contributed by atoms with van der Waals surface area (Å²) in [4.78, 5) is 19.9. The number of aromatic nitrogens is 4. The molecule has 0 aliphatic rings. The van der Waals surface area contributed by atoms with Gasteiger partial charge in [-0.05, 0) is 44.5 Å². The van der Waals surface area contributed by atoms with Crippen molar-refractivity contribution in [3.63, 3.8) is 0 Å². The normalized spacial score (nSPS) is 11.7. The van der Waals surface area contributed by atoms with E-state index in [1.54, 1.807) is 6.20 Å². The van der Waals surface area contributed by atoms with Gasteiger partial charge in [0.05, 0.1) is 5.39 Å². The molecule has 200 valence electrons. The summed E-state index contributed by atoms with van der Waals surface area (Å²) in [5, 5.41) is 8.99. The number of furan rings is 1. The van der Waals surface area contributed by atoms with E-state index in [9.17, 15) is 0 Å². The van der Waals surface area contributed by atoms with Crippen LogP contribution in [0.25, 0.3) is 88.5 Å². The predicted molar refractivity (Wildman–Crippen MR) is 174 cm³/mol. The van der Waals surface area contributed by atoms with E-state index in [0.29, 0.717) is 23.2 Å². The van der Waals surface area contributed by atoms with Crippen LogP contribution in [0.1, 0.15) is 0 Å². The highest BCUT2D eigenvalue weighted by Crippen LogP contribution is 2.38. The molecule has 9 rings (SSSR count). The number of nitrogens with zero attached hydrogens (tertiary/aromatic N) is 4. The summed E-state index contributed by atoms with van der Waals surface area (Å²) in [6.45, 7) is 0. The zero-order valence-electron chi connectivity index (χ0n) is 22.9. The van der Waals surface area contributed by atoms with Gasteiger partial charge in [0.2, 0.25) is 0 Å². The van der Waals surface area contributed by atoms with E-state index < -0.39 is 0 Å². The van der Waals surface area contributed by atoms with E-state index in [0.717, 1.165) is 43.8 Å². The van der Waals surface area contributed by atoms with Gasteiger partial charge in [0, 0.05) is 22.7 Å². The van der Waals surface area contributed by atoms with Crippen molar-refractivity contribution in [2.24, 2.45) is 0 Å². The second kappa shape index (κ2) is 9.29. The van der Waals surface area contributed by atoms with Gasteiger partial charge in [0.25, 0.3) is 0 Å². The van der Waals surface area contributed by atoms with Crippen LogP contribution in [0.3, 0.4) is 0 Å². The van der Waals surface area contributed by atoms with Gasteiger partial charge in [0.1, 0.15) is 16.9 Å². The zero-order chi connectivity index (χ0) is 28.3. The van der Waals surface area contributed by atoms with Gasteiger partial charge in [-0.15, -0.1) is 0 Å². The van der Waals surface area contributed by atoms with Crippen LogP contribution in [-0.2, 0) is 0 Å². The maximum absolute atomic E-state index is 6.17. The molecule has 0 unspecified atom stereocenters. The second-order valence-electron chi connectivity index (χ2n) is 10.7. The van der Waals surface area contributed by atoms with Crippen LogP contribution in [0.5, 0.6) is 0 Å². The van der Waals surface area contributed by atoms with E-state index in [1.807, 2.05) is 60.7 Å². The largest absolute Gasteiger partial charge is 0.456 e. The average Bonchev–Trinajstić information content (AvgIpc) is 3.47. The molecular weight excluding hydrogens is 528 g/mol. The van der Waals surface area contributed by atoms with Gasteiger partial charge in [-0.25, -0.2) is 15.0 Å². The minimum Gasteiger partial charge on any atom is -0.456 e. The van der Waals surface area contributed by atoms with Crippen molar-refractivity contribution in [2.75, 3.05) is 0 Å². The topological polar surface area (TPSA) is 64.7 Å². The summed E-state index contributed by atoms with van der Waals surface area (Å²) in [5.41, 5.74) is 4.07. The van der Waals surface area contributed by atoms with Gasteiger partial charge < -0.3 is 4.42 Å². The highest BCUT2D eigenvalue weighted by molar-refractivity contribution is 6.22. The molecule has 0 aliphatic carbocycles. The second-order valence-corrected chi connectivity index (χ2v) is 10.7. The SMILES string of the molecule is c1ccc(-c2nc(-c3cccc4c3ccc3ccc5ccccc5c34)nc(-c3nccc4oc5ccccc5c34)n2)cc1. The van der Waals surface area contributed by atoms with E-state index in [4.69, 9.17) is 24.4 Å². The molecule has 0 amide bonds. The molecule has 5 heteroatoms. The van der Waals surface area contributed by atoms with Gasteiger partial charge >= 0.3 is 0 Å². The molecule has 0 saturated carbocycles. The number of pyridine rings is 1. The third-order valence-corrected chi connectivity index (χ3v) is 8.18. The minimum absolute atomic E-state index is 0.504. The quantitative estimate of drug-likeness (QED) is 0.205. The molecule has 3 aromatic heterocycles. The molecule has 0 atom stereocenters. The van der Waals surface area contributed by atoms with Crippen molar-refractivity contribution < 1.29 is 4.42 Å². The third kappa shape index (κ3) is 3.72. The number of hydrogen-bond donors (Lipinski definition) is 0. The molecule has 5 nitrogen and oxygen atoms in total. The Hall–Kier alpha value is -5.94. The number of para-hydroxylation sites is 1. The highest BCUT2D eigenvalue weighted by atomic mass is 16.3. The van der Waals surface area contributed by atoms with Crippen molar-refractivity contribution in [2.45, 2.75) is 0 Å². The van der Waals surface area contributed by atoms with Crippen LogP contribution in [0.4, 0.5) is 0 Å². The summed E-state index contributed by atoms with van der Waals surface area (Å²) in [6, 6.07) is 43.6. The number of fused-ring (bicyclic) bond motifs is 8. The van der Waals surface area contributed by atoms with E-state index in [1.165, 1.54) is 21.5 Å². The monoisotopic (exact) mass is 550 g/mol. The first kappa shape index (κ1) is 23.7. The third-order valence-electron chi connectivity index (χ3n) is 8.18. The molecular formula is C38H22N4O. The highest BCUT2D eigenvalue weighted by Gasteiger charge is 2.20. The van der Waals surface area contributed by atoms with Crippen LogP contribution in [0, 0.1) is 0 Å². The fraction of sp³-hybridized carbons (Fsp3) is 0. The number of rotatable bonds is 3. The Morgan fingerprint density at radius 1 is 0.419 bits per heavy atom. The first-order valence-electron chi connectivity index (χ1n) is 14.2. The smallest absolute Gasteiger partial charge is 0.183 e. The lowest BCUT2D eigenvalue weighted by molar-refractivity contribution is 0.668. The number of hydrogen-bond acceptors (Lipinski definition) is 5. The molecule has 9 aromatic rings. The fourth-order valence-corrected chi connectivity index (χ4v) is 6.22. The summed E-state index contributed by atoms with van der Waals surface area (Å²) in [7, 11) is 0. The summed E-state index contributed by atoms with van der Waals surface area (Å²) in [5.74, 6) is 1.69. The Morgan fingerprint density at radius 2 is 1.14 bits per heavy atom. The van der Waals surface area contributed by atoms with Gasteiger partial charge in [-0.3, -0.25) is 4.98 Å². The molecule has 0 aliphatic heterocycles. The van der Waals surface area contributed by atoms with Crippen LogP contribution in [0.2, 0.25) is 0 Å². The summed E-state index contributed by atoms with van der Waals surface area (Å²) >= 11 is 0. The molecule has 0 bridgehead atoms. The lowest BCUT2D eigenvalue weighted by Gasteiger charge is -2.12. The number of benzene rings is 6. The standard InChI is InChI=1S/C38H22N4O/c1-2-10-25(11-3-1)36-40-37(42-38(41-36)35-34-30-13-6-7-16-31(30)43-32(34)21-22-39-35)29-15-8-14-28-27(29)20-19-24-18-17-23-9-4-5-12-26(23)33(24)28/h1-22H. The van der Waals surface area contributed by atoms with Crippen LogP contribution in [-0.4, -0.2) is 19.9 Å². The van der Waals surface area contributed by atoms with Gasteiger partial charge in [-0.2, -0.15) is 0 Å². The molecule has 0 radical (unpaired) electrons. The maximum Gasteiger partial charge on any atom is 0.183 e. The van der Waals surface area contributed by atoms with Gasteiger partial charge in [-0.1, -0.05) is 115 Å². The molecule has 43 heavy (non-hydrogen) atoms. The Labute approximate surface area is 246 Å². The molecule has 0 fully saturated rings. The molecule has 0 N–H and O–H groups in total. The molecule has 0 saturated heterocycles. The van der Waals surface area contributed by atoms with E-state index >= 15 is 0 Å². The lowest BCUT2D eigenvalue weighted by Crippen LogP contribution is -2.01. The summed E-state index contributed by atoms with van der Waals surface area (Å²) < 4.78 is 6.17. The van der Waals surface area contributed by atoms with Gasteiger partial charge in [0.15, 0.2) is 17.5 Å². The first-order valence-corrected chi connectivity index (χ1v) is 14.2. The fourth-order valence-electron chi connectivity index (χ4n) is 6.22. The predicted octanol–water partition coefficient (Wildman–Crippen LogP) is 9.63. The minimum atomic E-state index is 0.504. The Kier molecular flexibility index (Phi) is 5.13.